The smallest absolute Gasteiger partial charge is 0.0631 e. The molecular formula is C13H26O2. The maximum absolute atomic E-state index is 9.75. The molecule has 90 valence electrons. The Labute approximate surface area is 94.0 Å². The van der Waals surface area contributed by atoms with Crippen molar-refractivity contribution in [2.45, 2.75) is 77.6 Å². The molecule has 0 saturated carbocycles. The standard InChI is InChI=1S/C13H26O2/c1-10(2)9-11(14)5-6-12-7-8-13(3,4)15-12/h10-12,14H,5-9H2,1-4H3. The molecule has 2 heteroatoms. The first kappa shape index (κ1) is 13.0. The Balaban J connectivity index is 2.15. The summed E-state index contributed by atoms with van der Waals surface area (Å²) in [5.74, 6) is 0.584. The highest BCUT2D eigenvalue weighted by Crippen LogP contribution is 2.31. The summed E-state index contributed by atoms with van der Waals surface area (Å²) in [5, 5.41) is 9.75. The van der Waals surface area contributed by atoms with E-state index in [2.05, 4.69) is 27.7 Å². The van der Waals surface area contributed by atoms with E-state index in [1.54, 1.807) is 0 Å². The van der Waals surface area contributed by atoms with Gasteiger partial charge in [0, 0.05) is 0 Å². The minimum absolute atomic E-state index is 0.0632. The predicted molar refractivity (Wildman–Crippen MR) is 62.9 cm³/mol. The maximum Gasteiger partial charge on any atom is 0.0631 e. The average Bonchev–Trinajstić information content (AvgIpc) is 2.41. The molecule has 0 amide bonds. The number of rotatable bonds is 5. The number of aliphatic hydroxyl groups excluding tert-OH is 1. The molecule has 2 atom stereocenters. The molecule has 0 aromatic carbocycles. The highest BCUT2D eigenvalue weighted by molar-refractivity contribution is 4.81. The molecule has 2 nitrogen and oxygen atoms in total. The van der Waals surface area contributed by atoms with Gasteiger partial charge in [0.1, 0.15) is 0 Å². The van der Waals surface area contributed by atoms with Gasteiger partial charge in [-0.1, -0.05) is 13.8 Å². The lowest BCUT2D eigenvalue weighted by Gasteiger charge is -2.20. The first-order valence-electron chi connectivity index (χ1n) is 6.25. The van der Waals surface area contributed by atoms with Gasteiger partial charge in [0.15, 0.2) is 0 Å². The highest BCUT2D eigenvalue weighted by atomic mass is 16.5. The van der Waals surface area contributed by atoms with Gasteiger partial charge in [0.25, 0.3) is 0 Å². The second-order valence-electron chi connectivity index (χ2n) is 5.90. The van der Waals surface area contributed by atoms with Gasteiger partial charge in [-0.3, -0.25) is 0 Å². The van der Waals surface area contributed by atoms with Gasteiger partial charge in [-0.15, -0.1) is 0 Å². The van der Waals surface area contributed by atoms with Gasteiger partial charge < -0.3 is 9.84 Å². The van der Waals surface area contributed by atoms with Crippen molar-refractivity contribution in [3.05, 3.63) is 0 Å². The van der Waals surface area contributed by atoms with Crippen LogP contribution in [0.15, 0.2) is 0 Å². The van der Waals surface area contributed by atoms with Crippen LogP contribution in [-0.2, 0) is 4.74 Å². The van der Waals surface area contributed by atoms with Crippen molar-refractivity contribution in [3.8, 4) is 0 Å². The van der Waals surface area contributed by atoms with E-state index < -0.39 is 0 Å². The molecular weight excluding hydrogens is 188 g/mol. The summed E-state index contributed by atoms with van der Waals surface area (Å²) >= 11 is 0. The third-order valence-electron chi connectivity index (χ3n) is 3.12. The molecule has 1 saturated heterocycles. The Morgan fingerprint density at radius 2 is 2.07 bits per heavy atom. The van der Waals surface area contributed by atoms with Crippen LogP contribution in [0.1, 0.15) is 59.8 Å². The zero-order valence-corrected chi connectivity index (χ0v) is 10.6. The zero-order chi connectivity index (χ0) is 11.5. The molecule has 0 bridgehead atoms. The Morgan fingerprint density at radius 3 is 2.53 bits per heavy atom. The molecule has 15 heavy (non-hydrogen) atoms. The lowest BCUT2D eigenvalue weighted by atomic mass is 9.99. The molecule has 1 aliphatic rings. The quantitative estimate of drug-likeness (QED) is 0.762. The van der Waals surface area contributed by atoms with Crippen LogP contribution in [-0.4, -0.2) is 22.9 Å². The Kier molecular flexibility index (Phi) is 4.60. The second kappa shape index (κ2) is 5.31. The summed E-state index contributed by atoms with van der Waals surface area (Å²) in [6.07, 6.45) is 5.35. The van der Waals surface area contributed by atoms with Gasteiger partial charge >= 0.3 is 0 Å². The Bertz CT molecular complexity index is 187. The normalized spacial score (nSPS) is 27.2. The van der Waals surface area contributed by atoms with Gasteiger partial charge in [0.2, 0.25) is 0 Å². The van der Waals surface area contributed by atoms with Crippen molar-refractivity contribution < 1.29 is 9.84 Å². The number of ether oxygens (including phenoxy) is 1. The molecule has 1 fully saturated rings. The molecule has 0 aromatic rings. The van der Waals surface area contributed by atoms with E-state index in [0.717, 1.165) is 32.1 Å². The van der Waals surface area contributed by atoms with Crippen LogP contribution in [0.2, 0.25) is 0 Å². The fourth-order valence-electron chi connectivity index (χ4n) is 2.32. The molecule has 1 aliphatic heterocycles. The second-order valence-corrected chi connectivity index (χ2v) is 5.90. The largest absolute Gasteiger partial charge is 0.393 e. The minimum Gasteiger partial charge on any atom is -0.393 e. The van der Waals surface area contributed by atoms with E-state index in [1.165, 1.54) is 0 Å². The summed E-state index contributed by atoms with van der Waals surface area (Å²) in [6, 6.07) is 0. The molecule has 0 radical (unpaired) electrons. The Morgan fingerprint density at radius 1 is 1.40 bits per heavy atom. The molecule has 0 aliphatic carbocycles. The summed E-state index contributed by atoms with van der Waals surface area (Å²) in [5.41, 5.74) is 0.0632. The van der Waals surface area contributed by atoms with Crippen molar-refractivity contribution in [2.24, 2.45) is 5.92 Å². The van der Waals surface area contributed by atoms with E-state index >= 15 is 0 Å². The number of aliphatic hydroxyl groups is 1. The summed E-state index contributed by atoms with van der Waals surface area (Å²) in [7, 11) is 0. The van der Waals surface area contributed by atoms with Crippen molar-refractivity contribution >= 4 is 0 Å². The summed E-state index contributed by atoms with van der Waals surface area (Å²) < 4.78 is 5.89. The van der Waals surface area contributed by atoms with Crippen LogP contribution in [0.3, 0.4) is 0 Å². The van der Waals surface area contributed by atoms with Crippen LogP contribution in [0.25, 0.3) is 0 Å². The van der Waals surface area contributed by atoms with Crippen molar-refractivity contribution in [2.75, 3.05) is 0 Å². The maximum atomic E-state index is 9.75. The first-order chi connectivity index (χ1) is 6.89. The van der Waals surface area contributed by atoms with Crippen molar-refractivity contribution in [1.82, 2.24) is 0 Å². The van der Waals surface area contributed by atoms with Crippen molar-refractivity contribution in [1.29, 1.82) is 0 Å². The summed E-state index contributed by atoms with van der Waals surface area (Å²) in [6.45, 7) is 8.60. The first-order valence-corrected chi connectivity index (χ1v) is 6.25. The molecule has 1 rings (SSSR count). The molecule has 1 heterocycles. The molecule has 2 unspecified atom stereocenters. The van der Waals surface area contributed by atoms with Crippen LogP contribution in [0.4, 0.5) is 0 Å². The highest BCUT2D eigenvalue weighted by Gasteiger charge is 2.31. The third kappa shape index (κ3) is 4.98. The third-order valence-corrected chi connectivity index (χ3v) is 3.12. The van der Waals surface area contributed by atoms with Gasteiger partial charge in [-0.25, -0.2) is 0 Å². The van der Waals surface area contributed by atoms with Crippen LogP contribution >= 0.6 is 0 Å². The molecule has 0 aromatic heterocycles. The van der Waals surface area contributed by atoms with Crippen LogP contribution in [0.5, 0.6) is 0 Å². The zero-order valence-electron chi connectivity index (χ0n) is 10.6. The molecule has 0 spiro atoms. The Hall–Kier alpha value is -0.0800. The fourth-order valence-corrected chi connectivity index (χ4v) is 2.32. The van der Waals surface area contributed by atoms with Gasteiger partial charge in [-0.05, 0) is 51.9 Å². The van der Waals surface area contributed by atoms with E-state index in [0.29, 0.717) is 12.0 Å². The van der Waals surface area contributed by atoms with Crippen LogP contribution in [0, 0.1) is 5.92 Å². The lowest BCUT2D eigenvalue weighted by Crippen LogP contribution is -2.21. The van der Waals surface area contributed by atoms with Crippen LogP contribution < -0.4 is 0 Å². The fraction of sp³-hybridized carbons (Fsp3) is 1.00. The molecule has 1 N–H and O–H groups in total. The average molecular weight is 214 g/mol. The topological polar surface area (TPSA) is 29.5 Å². The van der Waals surface area contributed by atoms with Crippen molar-refractivity contribution in [3.63, 3.8) is 0 Å². The number of hydrogen-bond acceptors (Lipinski definition) is 2. The minimum atomic E-state index is -0.141. The predicted octanol–water partition coefficient (Wildman–Crippen LogP) is 3.13. The summed E-state index contributed by atoms with van der Waals surface area (Å²) in [4.78, 5) is 0. The van der Waals surface area contributed by atoms with E-state index in [1.807, 2.05) is 0 Å². The van der Waals surface area contributed by atoms with Gasteiger partial charge in [0.05, 0.1) is 17.8 Å². The number of hydrogen-bond donors (Lipinski definition) is 1. The lowest BCUT2D eigenvalue weighted by molar-refractivity contribution is -0.0241. The van der Waals surface area contributed by atoms with E-state index in [-0.39, 0.29) is 11.7 Å². The van der Waals surface area contributed by atoms with E-state index in [9.17, 15) is 5.11 Å². The van der Waals surface area contributed by atoms with Gasteiger partial charge in [-0.2, -0.15) is 0 Å². The SMILES string of the molecule is CC(C)CC(O)CCC1CCC(C)(C)O1. The van der Waals surface area contributed by atoms with E-state index in [4.69, 9.17) is 4.74 Å². The monoisotopic (exact) mass is 214 g/mol.